The summed E-state index contributed by atoms with van der Waals surface area (Å²) in [5, 5.41) is 11.4. The Bertz CT molecular complexity index is 715. The number of nitrogens with one attached hydrogen (secondary N) is 1. The summed E-state index contributed by atoms with van der Waals surface area (Å²) in [4.78, 5) is 25.2. The Balaban J connectivity index is 2.18. The number of nitroso groups, excluding NO2 is 1. The summed E-state index contributed by atoms with van der Waals surface area (Å²) >= 11 is 0. The molecule has 1 amide bonds. The highest BCUT2D eigenvalue weighted by atomic mass is 16.5. The second-order valence-corrected chi connectivity index (χ2v) is 4.10. The summed E-state index contributed by atoms with van der Waals surface area (Å²) in [5.74, 6) is 5.14. The Hall–Kier alpha value is -3.04. The van der Waals surface area contributed by atoms with E-state index >= 15 is 0 Å². The molecule has 104 valence electrons. The molecule has 6 nitrogen and oxygen atoms in total. The number of pyridine rings is 1. The SMILES string of the molecule is O=NCc1ccc(C#Cc2ccnc(C(=O)NO)c2)cc1. The quantitative estimate of drug-likeness (QED) is 0.389. The number of hydrogen-bond donors (Lipinski definition) is 2. The van der Waals surface area contributed by atoms with Crippen molar-refractivity contribution in [3.8, 4) is 11.8 Å². The maximum absolute atomic E-state index is 11.2. The number of amides is 1. The van der Waals surface area contributed by atoms with E-state index in [-0.39, 0.29) is 12.2 Å². The van der Waals surface area contributed by atoms with Crippen molar-refractivity contribution >= 4 is 5.91 Å². The smallest absolute Gasteiger partial charge is 0.288 e. The summed E-state index contributed by atoms with van der Waals surface area (Å²) < 4.78 is 0. The fourth-order valence-electron chi connectivity index (χ4n) is 1.60. The van der Waals surface area contributed by atoms with Crippen LogP contribution < -0.4 is 5.48 Å². The first-order chi connectivity index (χ1) is 10.2. The Kier molecular flexibility index (Phi) is 4.75. The highest BCUT2D eigenvalue weighted by Crippen LogP contribution is 2.05. The lowest BCUT2D eigenvalue weighted by Crippen LogP contribution is -2.19. The number of hydrogen-bond acceptors (Lipinski definition) is 5. The molecule has 0 fully saturated rings. The summed E-state index contributed by atoms with van der Waals surface area (Å²) in [6, 6.07) is 10.3. The molecule has 0 bridgehead atoms. The van der Waals surface area contributed by atoms with Crippen molar-refractivity contribution in [2.24, 2.45) is 5.18 Å². The fraction of sp³-hybridized carbons (Fsp3) is 0.0667. The van der Waals surface area contributed by atoms with Crippen molar-refractivity contribution in [3.05, 3.63) is 69.9 Å². The molecule has 2 N–H and O–H groups in total. The predicted molar refractivity (Wildman–Crippen MR) is 75.4 cm³/mol. The molecule has 1 aromatic carbocycles. The van der Waals surface area contributed by atoms with Crippen LogP contribution in [0.4, 0.5) is 0 Å². The van der Waals surface area contributed by atoms with E-state index in [1.165, 1.54) is 17.7 Å². The van der Waals surface area contributed by atoms with Gasteiger partial charge in [0.2, 0.25) is 0 Å². The van der Waals surface area contributed by atoms with Gasteiger partial charge >= 0.3 is 0 Å². The minimum atomic E-state index is -0.690. The van der Waals surface area contributed by atoms with Crippen molar-refractivity contribution < 1.29 is 10.0 Å². The van der Waals surface area contributed by atoms with E-state index in [2.05, 4.69) is 22.0 Å². The Morgan fingerprint density at radius 1 is 1.19 bits per heavy atom. The Morgan fingerprint density at radius 3 is 2.57 bits per heavy atom. The first-order valence-electron chi connectivity index (χ1n) is 6.03. The maximum atomic E-state index is 11.2. The number of hydroxylamine groups is 1. The van der Waals surface area contributed by atoms with Gasteiger partial charge in [0, 0.05) is 17.3 Å². The van der Waals surface area contributed by atoms with Crippen LogP contribution in [0.1, 0.15) is 27.2 Å². The highest BCUT2D eigenvalue weighted by Gasteiger charge is 2.04. The van der Waals surface area contributed by atoms with Crippen molar-refractivity contribution in [3.63, 3.8) is 0 Å². The minimum absolute atomic E-state index is 0.0803. The molecule has 0 aliphatic carbocycles. The number of nitrogens with zero attached hydrogens (tertiary/aromatic N) is 2. The fourth-order valence-corrected chi connectivity index (χ4v) is 1.60. The maximum Gasteiger partial charge on any atom is 0.293 e. The van der Waals surface area contributed by atoms with Gasteiger partial charge in [-0.3, -0.25) is 15.0 Å². The van der Waals surface area contributed by atoms with Crippen molar-refractivity contribution in [2.75, 3.05) is 0 Å². The second-order valence-electron chi connectivity index (χ2n) is 4.10. The first kappa shape index (κ1) is 14.4. The molecule has 0 aliphatic heterocycles. The molecular formula is C15H11N3O3. The summed E-state index contributed by atoms with van der Waals surface area (Å²) in [6.07, 6.45) is 1.44. The van der Waals surface area contributed by atoms with Crippen LogP contribution in [0.25, 0.3) is 0 Å². The van der Waals surface area contributed by atoms with Gasteiger partial charge in [-0.05, 0) is 29.8 Å². The molecule has 0 saturated heterocycles. The van der Waals surface area contributed by atoms with E-state index in [0.29, 0.717) is 5.56 Å². The lowest BCUT2D eigenvalue weighted by atomic mass is 10.1. The van der Waals surface area contributed by atoms with Crippen LogP contribution in [0.15, 0.2) is 47.8 Å². The normalized spacial score (nSPS) is 9.38. The van der Waals surface area contributed by atoms with Crippen LogP contribution in [0.2, 0.25) is 0 Å². The van der Waals surface area contributed by atoms with E-state index in [1.54, 1.807) is 30.3 Å². The predicted octanol–water partition coefficient (Wildman–Crippen LogP) is 1.87. The average molecular weight is 281 g/mol. The van der Waals surface area contributed by atoms with Gasteiger partial charge in [0.15, 0.2) is 0 Å². The van der Waals surface area contributed by atoms with E-state index in [4.69, 9.17) is 5.21 Å². The molecule has 1 heterocycles. The van der Waals surface area contributed by atoms with E-state index in [1.807, 2.05) is 0 Å². The molecule has 6 heteroatoms. The van der Waals surface area contributed by atoms with Gasteiger partial charge in [0.25, 0.3) is 5.91 Å². The Morgan fingerprint density at radius 2 is 1.90 bits per heavy atom. The van der Waals surface area contributed by atoms with Gasteiger partial charge in [-0.15, -0.1) is 0 Å². The van der Waals surface area contributed by atoms with E-state index < -0.39 is 5.91 Å². The second kappa shape index (κ2) is 6.93. The Labute approximate surface area is 120 Å². The zero-order chi connectivity index (χ0) is 15.1. The lowest BCUT2D eigenvalue weighted by molar-refractivity contribution is 0.0700. The van der Waals surface area contributed by atoms with Gasteiger partial charge < -0.3 is 0 Å². The molecule has 0 spiro atoms. The molecular weight excluding hydrogens is 270 g/mol. The molecule has 0 atom stereocenters. The summed E-state index contributed by atoms with van der Waals surface area (Å²) in [6.45, 7) is 0.137. The van der Waals surface area contributed by atoms with Crippen LogP contribution in [-0.4, -0.2) is 16.1 Å². The molecule has 21 heavy (non-hydrogen) atoms. The van der Waals surface area contributed by atoms with Crippen LogP contribution in [-0.2, 0) is 6.54 Å². The molecule has 2 rings (SSSR count). The molecule has 0 unspecified atom stereocenters. The minimum Gasteiger partial charge on any atom is -0.288 e. The number of benzene rings is 1. The third kappa shape index (κ3) is 3.96. The molecule has 0 aliphatic rings. The zero-order valence-electron chi connectivity index (χ0n) is 10.9. The standard InChI is InChI=1S/C15H11N3O3/c19-15(18-21)14-9-12(7-8-16-14)4-1-11-2-5-13(6-3-11)10-17-20/h2-3,5-9,21H,10H2,(H,18,19). The summed E-state index contributed by atoms with van der Waals surface area (Å²) in [5.41, 5.74) is 3.79. The largest absolute Gasteiger partial charge is 0.293 e. The van der Waals surface area contributed by atoms with Gasteiger partial charge in [0.1, 0.15) is 12.2 Å². The van der Waals surface area contributed by atoms with Gasteiger partial charge in [-0.2, -0.15) is 4.91 Å². The monoisotopic (exact) mass is 281 g/mol. The van der Waals surface area contributed by atoms with Gasteiger partial charge in [0.05, 0.1) is 0 Å². The van der Waals surface area contributed by atoms with E-state index in [9.17, 15) is 9.70 Å². The number of aromatic nitrogens is 1. The van der Waals surface area contributed by atoms with Crippen LogP contribution in [0, 0.1) is 16.7 Å². The third-order valence-electron chi connectivity index (χ3n) is 2.65. The summed E-state index contributed by atoms with van der Waals surface area (Å²) in [7, 11) is 0. The lowest BCUT2D eigenvalue weighted by Gasteiger charge is -1.97. The first-order valence-corrected chi connectivity index (χ1v) is 6.03. The topological polar surface area (TPSA) is 91.7 Å². The number of rotatable bonds is 3. The van der Waals surface area contributed by atoms with Crippen molar-refractivity contribution in [1.29, 1.82) is 0 Å². The van der Waals surface area contributed by atoms with Crippen molar-refractivity contribution in [2.45, 2.75) is 6.54 Å². The molecule has 0 saturated carbocycles. The highest BCUT2D eigenvalue weighted by molar-refractivity contribution is 5.91. The zero-order valence-corrected chi connectivity index (χ0v) is 10.9. The van der Waals surface area contributed by atoms with E-state index in [0.717, 1.165) is 11.1 Å². The molecule has 0 radical (unpaired) electrons. The average Bonchev–Trinajstić information content (AvgIpc) is 2.54. The van der Waals surface area contributed by atoms with Crippen LogP contribution in [0.3, 0.4) is 0 Å². The van der Waals surface area contributed by atoms with Crippen molar-refractivity contribution in [1.82, 2.24) is 10.5 Å². The number of carbonyl (C=O) groups is 1. The molecule has 1 aromatic heterocycles. The number of carbonyl (C=O) groups excluding carboxylic acids is 1. The van der Waals surface area contributed by atoms with Crippen LogP contribution >= 0.6 is 0 Å². The van der Waals surface area contributed by atoms with Crippen LogP contribution in [0.5, 0.6) is 0 Å². The van der Waals surface area contributed by atoms with Gasteiger partial charge in [-0.1, -0.05) is 29.2 Å². The molecule has 2 aromatic rings. The van der Waals surface area contributed by atoms with Gasteiger partial charge in [-0.25, -0.2) is 5.48 Å². The third-order valence-corrected chi connectivity index (χ3v) is 2.65.